The van der Waals surface area contributed by atoms with Gasteiger partial charge in [-0.1, -0.05) is 17.7 Å². The third-order valence-electron chi connectivity index (χ3n) is 4.22. The number of halogens is 1. The smallest absolute Gasteiger partial charge is 0.241 e. The number of amides is 1. The molecule has 1 aromatic rings. The Morgan fingerprint density at radius 3 is 2.90 bits per heavy atom. The lowest BCUT2D eigenvalue weighted by Gasteiger charge is -2.25. The fraction of sp³-hybridized carbons (Fsp3) is 0.562. The lowest BCUT2D eigenvalue weighted by molar-refractivity contribution is -0.127. The molecule has 1 saturated heterocycles. The Bertz CT molecular complexity index is 530. The van der Waals surface area contributed by atoms with Gasteiger partial charge in [-0.25, -0.2) is 0 Å². The third kappa shape index (κ3) is 3.69. The molecule has 0 aromatic heterocycles. The van der Waals surface area contributed by atoms with E-state index in [0.29, 0.717) is 12.6 Å². The molecule has 1 saturated carbocycles. The number of likely N-dealkylation sites (N-methyl/N-ethyl adjacent to an activating group) is 1. The lowest BCUT2D eigenvalue weighted by Crippen LogP contribution is -2.35. The molecule has 1 aliphatic heterocycles. The van der Waals surface area contributed by atoms with E-state index in [0.717, 1.165) is 36.8 Å². The van der Waals surface area contributed by atoms with Crippen LogP contribution in [0.1, 0.15) is 24.8 Å². The molecule has 2 aliphatic rings. The molecule has 1 aliphatic carbocycles. The van der Waals surface area contributed by atoms with Crippen LogP contribution < -0.4 is 10.2 Å². The van der Waals surface area contributed by atoms with Gasteiger partial charge in [0.25, 0.3) is 0 Å². The van der Waals surface area contributed by atoms with Crippen LogP contribution in [0.3, 0.4) is 0 Å². The van der Waals surface area contributed by atoms with Crippen LogP contribution in [-0.2, 0) is 11.3 Å². The molecule has 1 N–H and O–H groups in total. The van der Waals surface area contributed by atoms with Crippen molar-refractivity contribution >= 4 is 23.2 Å². The first kappa shape index (κ1) is 14.7. The molecule has 2 fully saturated rings. The fourth-order valence-corrected chi connectivity index (χ4v) is 2.88. The van der Waals surface area contributed by atoms with Gasteiger partial charge in [0.1, 0.15) is 0 Å². The molecule has 0 unspecified atom stereocenters. The van der Waals surface area contributed by atoms with Crippen LogP contribution in [0.25, 0.3) is 0 Å². The zero-order valence-corrected chi connectivity index (χ0v) is 13.2. The summed E-state index contributed by atoms with van der Waals surface area (Å²) in [6.45, 7) is 3.00. The van der Waals surface area contributed by atoms with Gasteiger partial charge in [-0.3, -0.25) is 4.79 Å². The summed E-state index contributed by atoms with van der Waals surface area (Å²) in [5, 5.41) is 4.27. The predicted octanol–water partition coefficient (Wildman–Crippen LogP) is 2.26. The van der Waals surface area contributed by atoms with Crippen molar-refractivity contribution in [2.75, 3.05) is 31.6 Å². The molecule has 0 bridgehead atoms. The van der Waals surface area contributed by atoms with E-state index in [1.807, 2.05) is 24.1 Å². The molecule has 3 rings (SSSR count). The van der Waals surface area contributed by atoms with E-state index in [-0.39, 0.29) is 5.91 Å². The quantitative estimate of drug-likeness (QED) is 0.927. The van der Waals surface area contributed by atoms with E-state index in [2.05, 4.69) is 16.3 Å². The summed E-state index contributed by atoms with van der Waals surface area (Å²) in [4.78, 5) is 16.1. The maximum atomic E-state index is 12.1. The van der Waals surface area contributed by atoms with Crippen molar-refractivity contribution in [2.24, 2.45) is 0 Å². The summed E-state index contributed by atoms with van der Waals surface area (Å²) in [6.07, 6.45) is 3.54. The summed E-state index contributed by atoms with van der Waals surface area (Å²) in [5.74, 6) is 0.175. The zero-order chi connectivity index (χ0) is 14.8. The molecule has 5 heteroatoms. The average Bonchev–Trinajstić information content (AvgIpc) is 3.28. The van der Waals surface area contributed by atoms with Crippen LogP contribution >= 0.6 is 11.6 Å². The number of carbonyl (C=O) groups excluding carboxylic acids is 1. The Balaban J connectivity index is 1.80. The average molecular weight is 308 g/mol. The zero-order valence-electron chi connectivity index (χ0n) is 12.4. The second kappa shape index (κ2) is 6.24. The Labute approximate surface area is 131 Å². The summed E-state index contributed by atoms with van der Waals surface area (Å²) in [6, 6.07) is 6.67. The molecular formula is C16H22ClN3O. The van der Waals surface area contributed by atoms with Crippen molar-refractivity contribution in [1.29, 1.82) is 0 Å². The van der Waals surface area contributed by atoms with Gasteiger partial charge in [-0.2, -0.15) is 0 Å². The number of benzene rings is 1. The number of hydrogen-bond acceptors (Lipinski definition) is 3. The number of hydrogen-bond donors (Lipinski definition) is 1. The predicted molar refractivity (Wildman–Crippen MR) is 85.8 cm³/mol. The molecule has 1 heterocycles. The summed E-state index contributed by atoms with van der Waals surface area (Å²) >= 11 is 6.17. The minimum Gasteiger partial charge on any atom is -0.362 e. The van der Waals surface area contributed by atoms with E-state index in [9.17, 15) is 4.79 Å². The van der Waals surface area contributed by atoms with E-state index in [1.165, 1.54) is 18.4 Å². The fourth-order valence-electron chi connectivity index (χ4n) is 2.71. The monoisotopic (exact) mass is 307 g/mol. The number of nitrogens with zero attached hydrogens (tertiary/aromatic N) is 2. The molecule has 21 heavy (non-hydrogen) atoms. The van der Waals surface area contributed by atoms with Crippen molar-refractivity contribution in [3.05, 3.63) is 28.8 Å². The van der Waals surface area contributed by atoms with Gasteiger partial charge in [-0.15, -0.1) is 0 Å². The van der Waals surface area contributed by atoms with Crippen molar-refractivity contribution in [3.63, 3.8) is 0 Å². The number of anilines is 1. The van der Waals surface area contributed by atoms with Crippen molar-refractivity contribution < 1.29 is 4.79 Å². The Hall–Kier alpha value is -1.26. The van der Waals surface area contributed by atoms with Crippen LogP contribution in [-0.4, -0.2) is 43.5 Å². The minimum atomic E-state index is 0.175. The van der Waals surface area contributed by atoms with Crippen LogP contribution in [0.5, 0.6) is 0 Å². The lowest BCUT2D eigenvalue weighted by atomic mass is 10.1. The summed E-state index contributed by atoms with van der Waals surface area (Å²) in [7, 11) is 1.87. The Kier molecular flexibility index (Phi) is 4.36. The second-order valence-electron chi connectivity index (χ2n) is 6.02. The van der Waals surface area contributed by atoms with Gasteiger partial charge in [0.05, 0.1) is 6.54 Å². The number of rotatable bonds is 4. The third-order valence-corrected chi connectivity index (χ3v) is 4.46. The Morgan fingerprint density at radius 1 is 1.33 bits per heavy atom. The molecular weight excluding hydrogens is 286 g/mol. The minimum absolute atomic E-state index is 0.175. The topological polar surface area (TPSA) is 35.6 Å². The van der Waals surface area contributed by atoms with E-state index in [1.54, 1.807) is 0 Å². The van der Waals surface area contributed by atoms with Gasteiger partial charge >= 0.3 is 0 Å². The molecule has 4 nitrogen and oxygen atoms in total. The molecule has 114 valence electrons. The first-order chi connectivity index (χ1) is 10.1. The summed E-state index contributed by atoms with van der Waals surface area (Å²) in [5.41, 5.74) is 2.32. The highest BCUT2D eigenvalue weighted by atomic mass is 35.5. The largest absolute Gasteiger partial charge is 0.362 e. The van der Waals surface area contributed by atoms with Crippen molar-refractivity contribution in [1.82, 2.24) is 10.2 Å². The maximum absolute atomic E-state index is 12.1. The van der Waals surface area contributed by atoms with Gasteiger partial charge in [0.15, 0.2) is 0 Å². The van der Waals surface area contributed by atoms with Crippen LogP contribution in [0.2, 0.25) is 5.02 Å². The maximum Gasteiger partial charge on any atom is 0.241 e. The van der Waals surface area contributed by atoms with E-state index < -0.39 is 0 Å². The van der Waals surface area contributed by atoms with Crippen molar-refractivity contribution in [3.8, 4) is 0 Å². The number of carbonyl (C=O) groups is 1. The normalized spacial score (nSPS) is 19.8. The van der Waals surface area contributed by atoms with E-state index in [4.69, 9.17) is 11.6 Å². The van der Waals surface area contributed by atoms with Gasteiger partial charge in [0, 0.05) is 43.4 Å². The van der Waals surface area contributed by atoms with E-state index >= 15 is 0 Å². The van der Waals surface area contributed by atoms with Gasteiger partial charge < -0.3 is 15.1 Å². The van der Waals surface area contributed by atoms with Crippen LogP contribution in [0.15, 0.2) is 18.2 Å². The first-order valence-corrected chi connectivity index (χ1v) is 8.02. The number of nitrogens with one attached hydrogen (secondary N) is 1. The molecule has 1 aromatic carbocycles. The molecule has 0 atom stereocenters. The highest BCUT2D eigenvalue weighted by Gasteiger charge is 2.23. The van der Waals surface area contributed by atoms with Crippen LogP contribution in [0.4, 0.5) is 5.69 Å². The highest BCUT2D eigenvalue weighted by Crippen LogP contribution is 2.27. The van der Waals surface area contributed by atoms with Gasteiger partial charge in [-0.05, 0) is 37.0 Å². The SMILES string of the molecule is CN1CCCN(c2cc(Cl)ccc2CNC2CC2)CC1=O. The first-order valence-electron chi connectivity index (χ1n) is 7.64. The van der Waals surface area contributed by atoms with Crippen molar-refractivity contribution in [2.45, 2.75) is 31.8 Å². The molecule has 1 amide bonds. The van der Waals surface area contributed by atoms with Crippen LogP contribution in [0, 0.1) is 0 Å². The Morgan fingerprint density at radius 2 is 2.14 bits per heavy atom. The standard InChI is InChI=1S/C16H22ClN3O/c1-19-7-2-8-20(11-16(19)21)15-9-13(17)4-3-12(15)10-18-14-5-6-14/h3-4,9,14,18H,2,5-8,10-11H2,1H3. The van der Waals surface area contributed by atoms with Gasteiger partial charge in [0.2, 0.25) is 5.91 Å². The second-order valence-corrected chi connectivity index (χ2v) is 6.46. The molecule has 0 radical (unpaired) electrons. The highest BCUT2D eigenvalue weighted by molar-refractivity contribution is 6.30. The summed E-state index contributed by atoms with van der Waals surface area (Å²) < 4.78 is 0. The molecule has 0 spiro atoms.